The van der Waals surface area contributed by atoms with Gasteiger partial charge in [0.05, 0.1) is 25.0 Å². The molecule has 0 radical (unpaired) electrons. The number of rotatable bonds is 4. The zero-order valence-corrected chi connectivity index (χ0v) is 14.5. The van der Waals surface area contributed by atoms with Crippen LogP contribution in [0.2, 0.25) is 0 Å². The van der Waals surface area contributed by atoms with Gasteiger partial charge in [0.2, 0.25) is 0 Å². The van der Waals surface area contributed by atoms with Gasteiger partial charge in [0.15, 0.2) is 4.96 Å². The Balaban J connectivity index is 1.86. The highest BCUT2D eigenvalue weighted by Gasteiger charge is 2.11. The van der Waals surface area contributed by atoms with Gasteiger partial charge in [-0.15, -0.1) is 11.3 Å². The number of nitrogens with one attached hydrogen (secondary N) is 1. The fourth-order valence-corrected chi connectivity index (χ4v) is 3.65. The zero-order valence-electron chi connectivity index (χ0n) is 12.1. The van der Waals surface area contributed by atoms with Crippen LogP contribution in [0.25, 0.3) is 4.96 Å². The van der Waals surface area contributed by atoms with Gasteiger partial charge in [-0.25, -0.2) is 4.98 Å². The summed E-state index contributed by atoms with van der Waals surface area (Å²) in [7, 11) is 1.67. The quantitative estimate of drug-likeness (QED) is 0.744. The summed E-state index contributed by atoms with van der Waals surface area (Å²) in [6, 6.07) is 5.96. The number of hydrogen-bond donors (Lipinski definition) is 1. The molecule has 3 aromatic rings. The summed E-state index contributed by atoms with van der Waals surface area (Å²) in [5, 5.41) is 3.44. The summed E-state index contributed by atoms with van der Waals surface area (Å²) in [5.74, 6) is 0.827. The van der Waals surface area contributed by atoms with Gasteiger partial charge in [0, 0.05) is 27.3 Å². The number of halogens is 1. The molecular formula is C15H16BrN3OS. The molecule has 3 rings (SSSR count). The topological polar surface area (TPSA) is 38.6 Å². The standard InChI is InChI=1S/C15H16BrN3OS/c1-9-8-19-14(10(2)18-15(19)21-9)7-17-12-4-11(16)5-13(6-12)20-3/h4-6,8,17H,7H2,1-3H3. The molecule has 110 valence electrons. The Bertz CT molecular complexity index is 794. The van der Waals surface area contributed by atoms with E-state index in [1.807, 2.05) is 25.1 Å². The molecule has 0 aliphatic rings. The van der Waals surface area contributed by atoms with E-state index >= 15 is 0 Å². The first-order valence-electron chi connectivity index (χ1n) is 6.59. The van der Waals surface area contributed by atoms with E-state index in [0.717, 1.165) is 33.1 Å². The van der Waals surface area contributed by atoms with Crippen molar-refractivity contribution in [3.63, 3.8) is 0 Å². The van der Waals surface area contributed by atoms with Gasteiger partial charge in [0.25, 0.3) is 0 Å². The summed E-state index contributed by atoms with van der Waals surface area (Å²) >= 11 is 5.21. The number of methoxy groups -OCH3 is 1. The lowest BCUT2D eigenvalue weighted by Gasteiger charge is -2.09. The largest absolute Gasteiger partial charge is 0.497 e. The molecule has 21 heavy (non-hydrogen) atoms. The van der Waals surface area contributed by atoms with Crippen molar-refractivity contribution < 1.29 is 4.74 Å². The van der Waals surface area contributed by atoms with Gasteiger partial charge in [-0.3, -0.25) is 4.40 Å². The van der Waals surface area contributed by atoms with Crippen molar-refractivity contribution in [2.24, 2.45) is 0 Å². The number of anilines is 1. The Morgan fingerprint density at radius 2 is 2.14 bits per heavy atom. The van der Waals surface area contributed by atoms with Crippen LogP contribution in [0.5, 0.6) is 5.75 Å². The molecule has 1 aromatic carbocycles. The summed E-state index contributed by atoms with van der Waals surface area (Å²) in [5.41, 5.74) is 3.27. The maximum absolute atomic E-state index is 5.28. The molecule has 0 aliphatic heterocycles. The van der Waals surface area contributed by atoms with E-state index in [4.69, 9.17) is 4.74 Å². The molecule has 0 unspecified atom stereocenters. The van der Waals surface area contributed by atoms with Gasteiger partial charge in [-0.05, 0) is 26.0 Å². The number of nitrogens with zero attached hydrogens (tertiary/aromatic N) is 2. The number of fused-ring (bicyclic) bond motifs is 1. The Kier molecular flexibility index (Phi) is 3.91. The second-order valence-corrected chi connectivity index (χ2v) is 7.00. The van der Waals surface area contributed by atoms with Gasteiger partial charge in [-0.2, -0.15) is 0 Å². The Morgan fingerprint density at radius 1 is 1.33 bits per heavy atom. The normalized spacial score (nSPS) is 11.0. The molecule has 0 bridgehead atoms. The highest BCUT2D eigenvalue weighted by atomic mass is 79.9. The van der Waals surface area contributed by atoms with Crippen LogP contribution in [0.1, 0.15) is 16.3 Å². The Labute approximate surface area is 135 Å². The summed E-state index contributed by atoms with van der Waals surface area (Å²) < 4.78 is 8.44. The molecule has 1 N–H and O–H groups in total. The summed E-state index contributed by atoms with van der Waals surface area (Å²) in [4.78, 5) is 6.92. The number of hydrogen-bond acceptors (Lipinski definition) is 4. The van der Waals surface area contributed by atoms with Crippen molar-refractivity contribution in [2.75, 3.05) is 12.4 Å². The number of thiazole rings is 1. The van der Waals surface area contributed by atoms with Crippen LogP contribution in [0.4, 0.5) is 5.69 Å². The van der Waals surface area contributed by atoms with E-state index < -0.39 is 0 Å². The number of aromatic nitrogens is 2. The Morgan fingerprint density at radius 3 is 2.90 bits per heavy atom. The SMILES string of the molecule is COc1cc(Br)cc(NCc2c(C)nc3sc(C)cn23)c1. The minimum Gasteiger partial charge on any atom is -0.497 e. The highest BCUT2D eigenvalue weighted by Crippen LogP contribution is 2.26. The molecule has 2 heterocycles. The molecule has 4 nitrogen and oxygen atoms in total. The van der Waals surface area contributed by atoms with Crippen LogP contribution in [-0.2, 0) is 6.54 Å². The molecule has 0 amide bonds. The van der Waals surface area contributed by atoms with E-state index in [2.05, 4.69) is 43.8 Å². The van der Waals surface area contributed by atoms with Crippen LogP contribution in [0.3, 0.4) is 0 Å². The fraction of sp³-hybridized carbons (Fsp3) is 0.267. The molecule has 0 fully saturated rings. The predicted molar refractivity (Wildman–Crippen MR) is 90.6 cm³/mol. The lowest BCUT2D eigenvalue weighted by Crippen LogP contribution is -2.03. The van der Waals surface area contributed by atoms with Crippen molar-refractivity contribution in [3.05, 3.63) is 45.1 Å². The monoisotopic (exact) mass is 365 g/mol. The minimum atomic E-state index is 0.725. The fourth-order valence-electron chi connectivity index (χ4n) is 2.29. The second-order valence-electron chi connectivity index (χ2n) is 4.87. The van der Waals surface area contributed by atoms with E-state index in [0.29, 0.717) is 0 Å². The van der Waals surface area contributed by atoms with Gasteiger partial charge < -0.3 is 10.1 Å². The molecule has 2 aromatic heterocycles. The van der Waals surface area contributed by atoms with E-state index in [-0.39, 0.29) is 0 Å². The number of ether oxygens (including phenoxy) is 1. The lowest BCUT2D eigenvalue weighted by molar-refractivity contribution is 0.414. The van der Waals surface area contributed by atoms with Gasteiger partial charge >= 0.3 is 0 Å². The zero-order chi connectivity index (χ0) is 15.0. The molecule has 0 atom stereocenters. The third-order valence-electron chi connectivity index (χ3n) is 3.31. The number of benzene rings is 1. The van der Waals surface area contributed by atoms with Crippen molar-refractivity contribution in [1.82, 2.24) is 9.38 Å². The molecular weight excluding hydrogens is 350 g/mol. The first-order valence-corrected chi connectivity index (χ1v) is 8.20. The van der Waals surface area contributed by atoms with Crippen LogP contribution >= 0.6 is 27.3 Å². The molecule has 0 aliphatic carbocycles. The Hall–Kier alpha value is -1.53. The first-order chi connectivity index (χ1) is 10.1. The van der Waals surface area contributed by atoms with E-state index in [1.54, 1.807) is 18.4 Å². The average molecular weight is 366 g/mol. The molecule has 6 heteroatoms. The summed E-state index contributed by atoms with van der Waals surface area (Å²) in [6.45, 7) is 4.88. The number of aryl methyl sites for hydroxylation is 2. The van der Waals surface area contributed by atoms with Gasteiger partial charge in [-0.1, -0.05) is 15.9 Å². The van der Waals surface area contributed by atoms with E-state index in [9.17, 15) is 0 Å². The molecule has 0 saturated heterocycles. The maximum Gasteiger partial charge on any atom is 0.194 e. The summed E-state index contributed by atoms with van der Waals surface area (Å²) in [6.07, 6.45) is 2.14. The van der Waals surface area contributed by atoms with E-state index in [1.165, 1.54) is 10.6 Å². The number of imidazole rings is 1. The first kappa shape index (κ1) is 14.4. The van der Waals surface area contributed by atoms with Crippen molar-refractivity contribution >= 4 is 37.9 Å². The molecule has 0 saturated carbocycles. The predicted octanol–water partition coefficient (Wildman–Crippen LogP) is 4.40. The maximum atomic E-state index is 5.28. The minimum absolute atomic E-state index is 0.725. The smallest absolute Gasteiger partial charge is 0.194 e. The second kappa shape index (κ2) is 5.69. The van der Waals surface area contributed by atoms with Crippen molar-refractivity contribution in [3.8, 4) is 5.75 Å². The van der Waals surface area contributed by atoms with Gasteiger partial charge in [0.1, 0.15) is 5.75 Å². The third kappa shape index (κ3) is 2.91. The van der Waals surface area contributed by atoms with Crippen LogP contribution in [0.15, 0.2) is 28.9 Å². The lowest BCUT2D eigenvalue weighted by atomic mass is 10.2. The highest BCUT2D eigenvalue weighted by molar-refractivity contribution is 9.10. The van der Waals surface area contributed by atoms with Crippen LogP contribution in [0, 0.1) is 13.8 Å². The van der Waals surface area contributed by atoms with Crippen molar-refractivity contribution in [1.29, 1.82) is 0 Å². The average Bonchev–Trinajstić information content (AvgIpc) is 2.91. The van der Waals surface area contributed by atoms with Crippen LogP contribution in [-0.4, -0.2) is 16.5 Å². The third-order valence-corrected chi connectivity index (χ3v) is 4.66. The molecule has 0 spiro atoms. The van der Waals surface area contributed by atoms with Crippen LogP contribution < -0.4 is 10.1 Å². The van der Waals surface area contributed by atoms with Crippen molar-refractivity contribution in [2.45, 2.75) is 20.4 Å².